The van der Waals surface area contributed by atoms with E-state index in [4.69, 9.17) is 0 Å². The summed E-state index contributed by atoms with van der Waals surface area (Å²) in [6.07, 6.45) is -1.04. The highest BCUT2D eigenvalue weighted by atomic mass is 35.5. The number of anilines is 1. The van der Waals surface area contributed by atoms with Gasteiger partial charge in [0.05, 0.1) is 11.1 Å². The van der Waals surface area contributed by atoms with E-state index in [1.807, 2.05) is 30.3 Å². The fraction of sp³-hybridized carbons (Fsp3) is 0.0952. The molecule has 4 aromatic rings. The van der Waals surface area contributed by atoms with Crippen LogP contribution in [0.2, 0.25) is 0 Å². The van der Waals surface area contributed by atoms with Crippen molar-refractivity contribution >= 4 is 41.5 Å². The number of aromatic nitrogens is 3. The van der Waals surface area contributed by atoms with Crippen molar-refractivity contribution in [3.8, 4) is 11.4 Å². The van der Waals surface area contributed by atoms with Crippen LogP contribution in [0.15, 0.2) is 73.1 Å². The van der Waals surface area contributed by atoms with Gasteiger partial charge in [-0.2, -0.15) is 13.2 Å². The first-order valence-corrected chi connectivity index (χ1v) is 8.58. The molecule has 0 bridgehead atoms. The first-order chi connectivity index (χ1) is 13.5. The molecule has 0 radical (unpaired) electrons. The quantitative estimate of drug-likeness (QED) is 0.402. The number of fused-ring (bicyclic) bond motifs is 1. The van der Waals surface area contributed by atoms with Crippen LogP contribution in [0, 0.1) is 0 Å². The van der Waals surface area contributed by atoms with Gasteiger partial charge < -0.3 is 5.32 Å². The molecule has 156 valence electrons. The Bertz CT molecular complexity index is 1120. The molecule has 2 heterocycles. The highest BCUT2D eigenvalue weighted by molar-refractivity contribution is 5.90. The van der Waals surface area contributed by atoms with Gasteiger partial charge in [0.1, 0.15) is 5.82 Å². The summed E-state index contributed by atoms with van der Waals surface area (Å²) in [7, 11) is 0. The third-order valence-electron chi connectivity index (χ3n) is 4.24. The van der Waals surface area contributed by atoms with Gasteiger partial charge in [-0.05, 0) is 42.0 Å². The Morgan fingerprint density at radius 3 is 2.40 bits per heavy atom. The summed E-state index contributed by atoms with van der Waals surface area (Å²) in [4.78, 5) is 13.2. The van der Waals surface area contributed by atoms with E-state index >= 15 is 0 Å². The summed E-state index contributed by atoms with van der Waals surface area (Å²) in [6, 6.07) is 16.4. The standard InChI is InChI=1S/C21H15F3N4.2ClH/c22-21(23,24)16-7-3-5-14(11-16)12-26-20-17-8-1-2-9-18(17)27-19(28-20)15-6-4-10-25-13-15;;/h1-11,13H,12H2,(H,26,27,28);2*1H. The van der Waals surface area contributed by atoms with E-state index in [-0.39, 0.29) is 31.4 Å². The van der Waals surface area contributed by atoms with Gasteiger partial charge in [0.2, 0.25) is 0 Å². The third-order valence-corrected chi connectivity index (χ3v) is 4.24. The number of pyridine rings is 1. The summed E-state index contributed by atoms with van der Waals surface area (Å²) in [6.45, 7) is 0.206. The molecule has 0 amide bonds. The van der Waals surface area contributed by atoms with E-state index in [9.17, 15) is 13.2 Å². The van der Waals surface area contributed by atoms with Crippen LogP contribution >= 0.6 is 24.8 Å². The molecule has 2 aromatic heterocycles. The number of benzene rings is 2. The Morgan fingerprint density at radius 2 is 1.67 bits per heavy atom. The highest BCUT2D eigenvalue weighted by Crippen LogP contribution is 2.30. The molecule has 0 spiro atoms. The van der Waals surface area contributed by atoms with Gasteiger partial charge in [-0.1, -0.05) is 24.3 Å². The Kier molecular flexibility index (Phi) is 7.59. The van der Waals surface area contributed by atoms with Gasteiger partial charge in [0.25, 0.3) is 0 Å². The van der Waals surface area contributed by atoms with Crippen LogP contribution in [0.1, 0.15) is 11.1 Å². The predicted octanol–water partition coefficient (Wildman–Crippen LogP) is 6.17. The Labute approximate surface area is 183 Å². The van der Waals surface area contributed by atoms with Gasteiger partial charge in [0, 0.05) is 29.9 Å². The zero-order chi connectivity index (χ0) is 19.6. The first kappa shape index (κ1) is 23.4. The van der Waals surface area contributed by atoms with Crippen LogP contribution in [0.4, 0.5) is 19.0 Å². The second-order valence-electron chi connectivity index (χ2n) is 6.21. The Balaban J connectivity index is 0.00000160. The van der Waals surface area contributed by atoms with E-state index in [1.165, 1.54) is 6.07 Å². The largest absolute Gasteiger partial charge is 0.416 e. The van der Waals surface area contributed by atoms with Crippen LogP contribution < -0.4 is 5.32 Å². The smallest absolute Gasteiger partial charge is 0.365 e. The minimum Gasteiger partial charge on any atom is -0.365 e. The van der Waals surface area contributed by atoms with Crippen molar-refractivity contribution in [3.05, 3.63) is 84.2 Å². The highest BCUT2D eigenvalue weighted by Gasteiger charge is 2.30. The van der Waals surface area contributed by atoms with Crippen molar-refractivity contribution in [2.75, 3.05) is 5.32 Å². The van der Waals surface area contributed by atoms with E-state index in [1.54, 1.807) is 24.5 Å². The van der Waals surface area contributed by atoms with Crippen molar-refractivity contribution in [3.63, 3.8) is 0 Å². The molecule has 9 heteroatoms. The zero-order valence-corrected chi connectivity index (χ0v) is 17.1. The molecule has 0 aliphatic rings. The molecule has 0 aliphatic heterocycles. The minimum absolute atomic E-state index is 0. The minimum atomic E-state index is -4.37. The molecule has 0 fully saturated rings. The normalized spacial score (nSPS) is 10.8. The predicted molar refractivity (Wildman–Crippen MR) is 116 cm³/mol. The summed E-state index contributed by atoms with van der Waals surface area (Å²) in [5, 5.41) is 3.95. The summed E-state index contributed by atoms with van der Waals surface area (Å²) >= 11 is 0. The fourth-order valence-electron chi connectivity index (χ4n) is 2.88. The summed E-state index contributed by atoms with van der Waals surface area (Å²) < 4.78 is 38.8. The molecule has 2 aromatic carbocycles. The lowest BCUT2D eigenvalue weighted by Gasteiger charge is -2.12. The van der Waals surface area contributed by atoms with Crippen LogP contribution in [0.3, 0.4) is 0 Å². The lowest BCUT2D eigenvalue weighted by Crippen LogP contribution is -2.08. The topological polar surface area (TPSA) is 50.7 Å². The second kappa shape index (κ2) is 9.73. The molecular formula is C21H17Cl2F3N4. The second-order valence-corrected chi connectivity index (χ2v) is 6.21. The van der Waals surface area contributed by atoms with Crippen molar-refractivity contribution in [2.24, 2.45) is 0 Å². The van der Waals surface area contributed by atoms with Gasteiger partial charge in [-0.15, -0.1) is 24.8 Å². The number of alkyl halides is 3. The van der Waals surface area contributed by atoms with Crippen molar-refractivity contribution in [1.82, 2.24) is 15.0 Å². The maximum absolute atomic E-state index is 12.9. The van der Waals surface area contributed by atoms with Crippen molar-refractivity contribution in [1.29, 1.82) is 0 Å². The van der Waals surface area contributed by atoms with E-state index in [0.717, 1.165) is 28.6 Å². The van der Waals surface area contributed by atoms with Gasteiger partial charge >= 0.3 is 6.18 Å². The molecule has 0 saturated heterocycles. The SMILES string of the molecule is Cl.Cl.FC(F)(F)c1cccc(CNc2nc(-c3cccnc3)nc3ccccc23)c1. The van der Waals surface area contributed by atoms with Gasteiger partial charge in [-0.3, -0.25) is 4.98 Å². The molecule has 4 nitrogen and oxygen atoms in total. The Morgan fingerprint density at radius 1 is 0.867 bits per heavy atom. The van der Waals surface area contributed by atoms with Crippen molar-refractivity contribution in [2.45, 2.75) is 12.7 Å². The number of rotatable bonds is 4. The summed E-state index contributed by atoms with van der Waals surface area (Å²) in [5.41, 5.74) is 1.34. The molecule has 0 saturated carbocycles. The third kappa shape index (κ3) is 5.17. The van der Waals surface area contributed by atoms with Crippen LogP contribution in [0.25, 0.3) is 22.3 Å². The number of para-hydroxylation sites is 1. The summed E-state index contributed by atoms with van der Waals surface area (Å²) in [5.74, 6) is 1.06. The molecule has 0 unspecified atom stereocenters. The Hall–Kier alpha value is -2.90. The van der Waals surface area contributed by atoms with Crippen LogP contribution in [0.5, 0.6) is 0 Å². The number of nitrogens with zero attached hydrogens (tertiary/aromatic N) is 3. The van der Waals surface area contributed by atoms with Crippen LogP contribution in [-0.2, 0) is 12.7 Å². The number of halogens is 5. The van der Waals surface area contributed by atoms with E-state index < -0.39 is 11.7 Å². The molecule has 4 rings (SSSR count). The first-order valence-electron chi connectivity index (χ1n) is 8.58. The number of hydrogen-bond acceptors (Lipinski definition) is 4. The average Bonchev–Trinajstić information content (AvgIpc) is 2.72. The molecular weight excluding hydrogens is 436 g/mol. The molecule has 0 aliphatic carbocycles. The van der Waals surface area contributed by atoms with Gasteiger partial charge in [-0.25, -0.2) is 9.97 Å². The van der Waals surface area contributed by atoms with Gasteiger partial charge in [0.15, 0.2) is 5.82 Å². The number of hydrogen-bond donors (Lipinski definition) is 1. The maximum atomic E-state index is 12.9. The lowest BCUT2D eigenvalue weighted by atomic mass is 10.1. The maximum Gasteiger partial charge on any atom is 0.416 e. The lowest BCUT2D eigenvalue weighted by molar-refractivity contribution is -0.137. The molecule has 0 atom stereocenters. The molecule has 1 N–H and O–H groups in total. The molecule has 30 heavy (non-hydrogen) atoms. The van der Waals surface area contributed by atoms with E-state index in [0.29, 0.717) is 17.2 Å². The van der Waals surface area contributed by atoms with Crippen molar-refractivity contribution < 1.29 is 13.2 Å². The number of nitrogens with one attached hydrogen (secondary N) is 1. The average molecular weight is 453 g/mol. The monoisotopic (exact) mass is 452 g/mol. The van der Waals surface area contributed by atoms with Crippen LogP contribution in [-0.4, -0.2) is 15.0 Å². The fourth-order valence-corrected chi connectivity index (χ4v) is 2.88. The van der Waals surface area contributed by atoms with E-state index in [2.05, 4.69) is 20.3 Å². The zero-order valence-electron chi connectivity index (χ0n) is 15.4.